The Labute approximate surface area is 440 Å². The molecule has 0 aliphatic heterocycles. The topological polar surface area (TPSA) is 6.48 Å². The summed E-state index contributed by atoms with van der Waals surface area (Å²) < 4.78 is 5.08. The molecular weight excluding hydrogens is 933 g/mol. The summed E-state index contributed by atoms with van der Waals surface area (Å²) in [5, 5.41) is 12.6. The van der Waals surface area contributed by atoms with Gasteiger partial charge in [-0.15, -0.1) is 22.7 Å². The molecule has 354 valence electrons. The minimum Gasteiger partial charge on any atom is -0.308 e. The number of hydrogen-bond donors (Lipinski definition) is 0. The van der Waals surface area contributed by atoms with E-state index in [0.29, 0.717) is 0 Å². The monoisotopic (exact) mass is 984 g/mol. The molecule has 0 N–H and O–H groups in total. The second kappa shape index (κ2) is 17.2. The van der Waals surface area contributed by atoms with Gasteiger partial charge < -0.3 is 9.80 Å². The molecule has 0 saturated carbocycles. The van der Waals surface area contributed by atoms with Gasteiger partial charge in [0.1, 0.15) is 0 Å². The van der Waals surface area contributed by atoms with Crippen LogP contribution >= 0.6 is 22.7 Å². The lowest BCUT2D eigenvalue weighted by molar-refractivity contribution is 0.591. The number of benzene rings is 12. The Morgan fingerprint density at radius 3 is 1.22 bits per heavy atom. The van der Waals surface area contributed by atoms with Gasteiger partial charge in [-0.05, 0) is 106 Å². The first kappa shape index (κ1) is 44.4. The summed E-state index contributed by atoms with van der Waals surface area (Å²) in [5.74, 6) is 0. The molecule has 0 atom stereocenters. The highest BCUT2D eigenvalue weighted by molar-refractivity contribution is 7.26. The Hall–Kier alpha value is -8.28. The summed E-state index contributed by atoms with van der Waals surface area (Å²) in [7, 11) is 0. The summed E-state index contributed by atoms with van der Waals surface area (Å²) in [4.78, 5) is 5.24. The zero-order valence-electron chi connectivity index (χ0n) is 42.1. The zero-order chi connectivity index (χ0) is 49.8. The SMILES string of the molecule is Cc1ccc(-c2ccccc2)c(N(c2cc(N(c3cc(C)ccc3-c3ccccc3)c3cccc4c3sc3ccccc34)c3ccc4cc(C(C)(C)C)cc5ccc2c3c54)c2cccc3c2sc2ccccc23)c1. The van der Waals surface area contributed by atoms with Crippen LogP contribution in [0.1, 0.15) is 37.5 Å². The molecule has 0 unspecified atom stereocenters. The molecule has 0 radical (unpaired) electrons. The minimum absolute atomic E-state index is 0.0295. The summed E-state index contributed by atoms with van der Waals surface area (Å²) >= 11 is 3.77. The van der Waals surface area contributed by atoms with Crippen LogP contribution in [-0.4, -0.2) is 0 Å². The van der Waals surface area contributed by atoms with Gasteiger partial charge in [-0.2, -0.15) is 0 Å². The smallest absolute Gasteiger partial charge is 0.0640 e. The van der Waals surface area contributed by atoms with Crippen LogP contribution in [0.15, 0.2) is 224 Å². The number of thiophene rings is 2. The van der Waals surface area contributed by atoms with Crippen molar-refractivity contribution in [2.24, 2.45) is 0 Å². The molecule has 0 bridgehead atoms. The van der Waals surface area contributed by atoms with Crippen LogP contribution in [0.25, 0.3) is 94.9 Å². The highest BCUT2D eigenvalue weighted by atomic mass is 32.1. The number of rotatable bonds is 8. The summed E-state index contributed by atoms with van der Waals surface area (Å²) in [6.07, 6.45) is 0. The zero-order valence-corrected chi connectivity index (χ0v) is 43.7. The standard InChI is InChI=1S/C70H52N2S2/c1-43-30-34-50(45-18-8-6-9-19-45)60(38-43)71(58-26-16-24-54-52-22-12-14-28-64(52)73-68(54)58)62-42-63(57-37-33-48-41-49(70(3,4)5)40-47-32-36-56(62)67(57)66(47)48)72(61-39-44(2)31-35-51(61)46-20-10-7-11-21-46)59-27-17-25-55-53-23-13-15-29-65(53)74-69(55)59/h6-42H,1-5H3. The molecule has 14 aromatic rings. The van der Waals surface area contributed by atoms with E-state index in [4.69, 9.17) is 0 Å². The van der Waals surface area contributed by atoms with E-state index in [1.807, 2.05) is 22.7 Å². The quantitative estimate of drug-likeness (QED) is 0.140. The molecule has 0 aliphatic rings. The van der Waals surface area contributed by atoms with E-state index < -0.39 is 0 Å². The molecule has 0 spiro atoms. The van der Waals surface area contributed by atoms with E-state index in [2.05, 4.69) is 269 Å². The molecule has 4 heteroatoms. The largest absolute Gasteiger partial charge is 0.308 e. The molecule has 14 rings (SSSR count). The summed E-state index contributed by atoms with van der Waals surface area (Å²) in [6.45, 7) is 11.4. The maximum Gasteiger partial charge on any atom is 0.0640 e. The predicted octanol–water partition coefficient (Wildman–Crippen LogP) is 21.5. The number of nitrogens with zero attached hydrogens (tertiary/aromatic N) is 2. The van der Waals surface area contributed by atoms with Crippen molar-refractivity contribution < 1.29 is 0 Å². The molecule has 74 heavy (non-hydrogen) atoms. The van der Waals surface area contributed by atoms with Crippen molar-refractivity contribution in [2.75, 3.05) is 9.80 Å². The summed E-state index contributed by atoms with van der Waals surface area (Å²) in [6, 6.07) is 84.6. The normalized spacial score (nSPS) is 12.1. The third-order valence-electron chi connectivity index (χ3n) is 15.2. The van der Waals surface area contributed by atoms with Gasteiger partial charge in [0.15, 0.2) is 0 Å². The molecule has 12 aromatic carbocycles. The second-order valence-corrected chi connectivity index (χ2v) is 23.1. The summed E-state index contributed by atoms with van der Waals surface area (Å²) in [5.41, 5.74) is 15.2. The lowest BCUT2D eigenvalue weighted by Gasteiger charge is -2.34. The van der Waals surface area contributed by atoms with E-state index in [1.54, 1.807) is 0 Å². The van der Waals surface area contributed by atoms with Crippen molar-refractivity contribution in [3.05, 3.63) is 241 Å². The van der Waals surface area contributed by atoms with Gasteiger partial charge in [0.2, 0.25) is 0 Å². The molecule has 0 amide bonds. The number of hydrogen-bond acceptors (Lipinski definition) is 4. The van der Waals surface area contributed by atoms with Crippen LogP contribution in [0, 0.1) is 13.8 Å². The fourth-order valence-electron chi connectivity index (χ4n) is 11.7. The highest BCUT2D eigenvalue weighted by Gasteiger charge is 2.30. The number of fused-ring (bicyclic) bond motifs is 6. The Morgan fingerprint density at radius 1 is 0.324 bits per heavy atom. The lowest BCUT2D eigenvalue weighted by atomic mass is 9.83. The predicted molar refractivity (Wildman–Crippen MR) is 324 cm³/mol. The van der Waals surface area contributed by atoms with Crippen LogP contribution in [-0.2, 0) is 5.41 Å². The third kappa shape index (κ3) is 7.11. The molecule has 2 heterocycles. The van der Waals surface area contributed by atoms with Crippen molar-refractivity contribution in [3.8, 4) is 22.3 Å². The molecular formula is C70H52N2S2. The van der Waals surface area contributed by atoms with Gasteiger partial charge in [0.05, 0.1) is 43.5 Å². The minimum atomic E-state index is -0.0295. The molecule has 2 nitrogen and oxygen atoms in total. The molecule has 0 saturated heterocycles. The Balaban J connectivity index is 1.19. The van der Waals surface area contributed by atoms with Gasteiger partial charge in [-0.25, -0.2) is 0 Å². The molecule has 2 aromatic heterocycles. The third-order valence-corrected chi connectivity index (χ3v) is 17.6. The Kier molecular flexibility index (Phi) is 10.3. The average Bonchev–Trinajstić information content (AvgIpc) is 4.07. The molecule has 0 aliphatic carbocycles. The van der Waals surface area contributed by atoms with Crippen molar-refractivity contribution in [1.82, 2.24) is 0 Å². The van der Waals surface area contributed by atoms with Crippen LogP contribution in [0.5, 0.6) is 0 Å². The van der Waals surface area contributed by atoms with Gasteiger partial charge in [0, 0.05) is 58.2 Å². The lowest BCUT2D eigenvalue weighted by Crippen LogP contribution is -2.16. The number of anilines is 6. The van der Waals surface area contributed by atoms with Crippen LogP contribution in [0.4, 0.5) is 34.1 Å². The first-order valence-corrected chi connectivity index (χ1v) is 27.3. The van der Waals surface area contributed by atoms with Gasteiger partial charge in [-0.1, -0.05) is 203 Å². The van der Waals surface area contributed by atoms with E-state index in [9.17, 15) is 0 Å². The Morgan fingerprint density at radius 2 is 0.757 bits per heavy atom. The Bertz CT molecular complexity index is 4220. The van der Waals surface area contributed by atoms with Crippen molar-refractivity contribution in [3.63, 3.8) is 0 Å². The van der Waals surface area contributed by atoms with Gasteiger partial charge in [-0.3, -0.25) is 0 Å². The van der Waals surface area contributed by atoms with Crippen LogP contribution in [0.2, 0.25) is 0 Å². The van der Waals surface area contributed by atoms with Gasteiger partial charge >= 0.3 is 0 Å². The van der Waals surface area contributed by atoms with E-state index >= 15 is 0 Å². The van der Waals surface area contributed by atoms with Crippen molar-refractivity contribution >= 4 is 129 Å². The highest BCUT2D eigenvalue weighted by Crippen LogP contribution is 2.56. The van der Waals surface area contributed by atoms with Crippen LogP contribution < -0.4 is 9.80 Å². The van der Waals surface area contributed by atoms with Crippen LogP contribution in [0.3, 0.4) is 0 Å². The average molecular weight is 985 g/mol. The van der Waals surface area contributed by atoms with E-state index in [0.717, 1.165) is 34.1 Å². The van der Waals surface area contributed by atoms with E-state index in [1.165, 1.54) is 112 Å². The second-order valence-electron chi connectivity index (χ2n) is 21.0. The first-order valence-electron chi connectivity index (χ1n) is 25.7. The number of aryl methyl sites for hydroxylation is 2. The van der Waals surface area contributed by atoms with Crippen molar-refractivity contribution in [2.45, 2.75) is 40.0 Å². The van der Waals surface area contributed by atoms with Gasteiger partial charge in [0.25, 0.3) is 0 Å². The van der Waals surface area contributed by atoms with Crippen molar-refractivity contribution in [1.29, 1.82) is 0 Å². The molecule has 0 fully saturated rings. The maximum absolute atomic E-state index is 2.62. The fraction of sp³-hybridized carbons (Fsp3) is 0.0857. The fourth-order valence-corrected chi connectivity index (χ4v) is 14.1. The maximum atomic E-state index is 2.62. The van der Waals surface area contributed by atoms with E-state index in [-0.39, 0.29) is 5.41 Å². The first-order chi connectivity index (χ1) is 36.2.